The van der Waals surface area contributed by atoms with E-state index in [-0.39, 0.29) is 0 Å². The molecule has 0 radical (unpaired) electrons. The average Bonchev–Trinajstić information content (AvgIpc) is 1.61. The normalized spacial score (nSPS) is 8.67. The Morgan fingerprint density at radius 3 is 2.17 bits per heavy atom. The van der Waals surface area contributed by atoms with Crippen molar-refractivity contribution >= 4 is 0 Å². The van der Waals surface area contributed by atoms with Crippen LogP contribution in [0, 0.1) is 0 Å². The van der Waals surface area contributed by atoms with E-state index in [2.05, 4.69) is 20.4 Å². The molecular formula is C4H9OTi. The molecule has 0 atom stereocenters. The molecule has 0 amide bonds. The van der Waals surface area contributed by atoms with Gasteiger partial charge in [-0.1, -0.05) is 0 Å². The molecule has 35 valence electrons. The Balaban J connectivity index is 2.34. The summed E-state index contributed by atoms with van der Waals surface area (Å²) in [6.45, 7) is 0.355. The van der Waals surface area contributed by atoms with E-state index >= 15 is 0 Å². The van der Waals surface area contributed by atoms with Gasteiger partial charge in [0.25, 0.3) is 0 Å². The van der Waals surface area contributed by atoms with Crippen LogP contribution in [0.15, 0.2) is 0 Å². The van der Waals surface area contributed by atoms with Crippen molar-refractivity contribution in [3.05, 3.63) is 0 Å². The summed E-state index contributed by atoms with van der Waals surface area (Å²) in [4.78, 5) is 0. The second-order valence-corrected chi connectivity index (χ2v) is 1.96. The summed E-state index contributed by atoms with van der Waals surface area (Å²) in [6.07, 6.45) is 2.13. The first-order valence-electron chi connectivity index (χ1n) is 2.17. The summed E-state index contributed by atoms with van der Waals surface area (Å²) >= 11 is 2.12. The van der Waals surface area contributed by atoms with Crippen LogP contribution >= 0.6 is 0 Å². The van der Waals surface area contributed by atoms with E-state index in [4.69, 9.17) is 5.11 Å². The van der Waals surface area contributed by atoms with Crippen LogP contribution in [-0.2, 0) is 20.4 Å². The zero-order chi connectivity index (χ0) is 4.83. The second kappa shape index (κ2) is 5.67. The van der Waals surface area contributed by atoms with Gasteiger partial charge in [-0.15, -0.1) is 0 Å². The zero-order valence-electron chi connectivity index (χ0n) is 3.78. The van der Waals surface area contributed by atoms with Crippen LogP contribution in [0.5, 0.6) is 0 Å². The molecule has 0 aromatic rings. The molecule has 0 spiro atoms. The molecule has 1 nitrogen and oxygen atoms in total. The van der Waals surface area contributed by atoms with Crippen molar-refractivity contribution in [3.63, 3.8) is 0 Å². The monoisotopic (exact) mass is 121 g/mol. The van der Waals surface area contributed by atoms with Gasteiger partial charge >= 0.3 is 49.7 Å². The first-order chi connectivity index (χ1) is 2.91. The van der Waals surface area contributed by atoms with Crippen LogP contribution in [0.2, 0.25) is 4.73 Å². The van der Waals surface area contributed by atoms with Gasteiger partial charge in [0.2, 0.25) is 0 Å². The minimum absolute atomic E-state index is 0.355. The number of unbranched alkanes of at least 4 members (excludes halogenated alkanes) is 1. The molecule has 2 heteroatoms. The Bertz CT molecular complexity index is 19.5. The maximum absolute atomic E-state index is 8.20. The minimum atomic E-state index is 0.355. The number of rotatable bonds is 3. The molecule has 0 fully saturated rings. The molecule has 0 rings (SSSR count). The molecule has 0 heterocycles. The summed E-state index contributed by atoms with van der Waals surface area (Å²) in [5.74, 6) is 0. The van der Waals surface area contributed by atoms with Gasteiger partial charge in [0.15, 0.2) is 0 Å². The predicted molar refractivity (Wildman–Crippen MR) is 21.1 cm³/mol. The third-order valence-corrected chi connectivity index (χ3v) is 1.14. The Labute approximate surface area is 50.2 Å². The molecule has 0 aliphatic carbocycles. The molecule has 0 aromatic carbocycles. The number of aliphatic hydroxyl groups is 1. The first kappa shape index (κ1) is 6.67. The van der Waals surface area contributed by atoms with Crippen LogP contribution in [0.25, 0.3) is 0 Å². The molecule has 0 saturated carbocycles. The van der Waals surface area contributed by atoms with Crippen LogP contribution in [0.3, 0.4) is 0 Å². The van der Waals surface area contributed by atoms with Gasteiger partial charge < -0.3 is 0 Å². The van der Waals surface area contributed by atoms with Crippen molar-refractivity contribution in [2.45, 2.75) is 17.6 Å². The molecule has 0 saturated heterocycles. The van der Waals surface area contributed by atoms with E-state index in [1.54, 1.807) is 0 Å². The number of hydrogen-bond donors (Lipinski definition) is 1. The molecule has 0 bridgehead atoms. The van der Waals surface area contributed by atoms with Crippen LogP contribution in [-0.4, -0.2) is 11.7 Å². The summed E-state index contributed by atoms with van der Waals surface area (Å²) in [6, 6.07) is 0. The van der Waals surface area contributed by atoms with Gasteiger partial charge in [-0.2, -0.15) is 0 Å². The van der Waals surface area contributed by atoms with Crippen molar-refractivity contribution in [2.75, 3.05) is 6.61 Å². The number of hydrogen-bond acceptors (Lipinski definition) is 1. The Morgan fingerprint density at radius 2 is 2.00 bits per heavy atom. The van der Waals surface area contributed by atoms with Gasteiger partial charge in [-0.25, -0.2) is 0 Å². The van der Waals surface area contributed by atoms with Crippen LogP contribution in [0.4, 0.5) is 0 Å². The Hall–Kier alpha value is 0.674. The summed E-state index contributed by atoms with van der Waals surface area (Å²) in [5, 5.41) is 8.20. The van der Waals surface area contributed by atoms with Crippen molar-refractivity contribution in [1.82, 2.24) is 0 Å². The van der Waals surface area contributed by atoms with Crippen molar-refractivity contribution in [3.8, 4) is 0 Å². The summed E-state index contributed by atoms with van der Waals surface area (Å²) in [5.41, 5.74) is 0. The fourth-order valence-corrected chi connectivity index (χ4v) is 0.627. The van der Waals surface area contributed by atoms with E-state index in [1.165, 1.54) is 4.73 Å². The molecule has 1 N–H and O–H groups in total. The van der Waals surface area contributed by atoms with E-state index in [0.29, 0.717) is 6.61 Å². The molecule has 0 aromatic heterocycles. The number of aliphatic hydroxyl groups excluding tert-OH is 1. The van der Waals surface area contributed by atoms with E-state index in [9.17, 15) is 0 Å². The molecule has 0 aliphatic heterocycles. The third-order valence-electron chi connectivity index (χ3n) is 0.585. The molecule has 6 heavy (non-hydrogen) atoms. The quantitative estimate of drug-likeness (QED) is 0.431. The van der Waals surface area contributed by atoms with Crippen molar-refractivity contribution in [1.29, 1.82) is 0 Å². The van der Waals surface area contributed by atoms with Gasteiger partial charge in [0, 0.05) is 0 Å². The first-order valence-corrected chi connectivity index (χ1v) is 3.27. The van der Waals surface area contributed by atoms with E-state index in [1.807, 2.05) is 0 Å². The Kier molecular flexibility index (Phi) is 6.31. The SMILES string of the molecule is OCCC[CH2][Ti]. The predicted octanol–water partition coefficient (Wildman–Crippen LogP) is 0.724. The average molecular weight is 121 g/mol. The zero-order valence-corrected chi connectivity index (χ0v) is 5.34. The van der Waals surface area contributed by atoms with Crippen molar-refractivity contribution < 1.29 is 25.5 Å². The van der Waals surface area contributed by atoms with Gasteiger partial charge in [-0.05, 0) is 0 Å². The molecule has 0 aliphatic rings. The van der Waals surface area contributed by atoms with E-state index in [0.717, 1.165) is 12.8 Å². The van der Waals surface area contributed by atoms with Gasteiger partial charge in [0.05, 0.1) is 0 Å². The third kappa shape index (κ3) is 4.67. The summed E-state index contributed by atoms with van der Waals surface area (Å²) < 4.78 is 1.20. The fraction of sp³-hybridized carbons (Fsp3) is 1.00. The second-order valence-electron chi connectivity index (χ2n) is 1.18. The van der Waals surface area contributed by atoms with Crippen LogP contribution < -0.4 is 0 Å². The van der Waals surface area contributed by atoms with Gasteiger partial charge in [0.1, 0.15) is 0 Å². The maximum atomic E-state index is 8.20. The summed E-state index contributed by atoms with van der Waals surface area (Å²) in [7, 11) is 0. The standard InChI is InChI=1S/C4H9O.Ti/c1-2-3-4-5;/h5H,1-4H2;. The molecule has 0 unspecified atom stereocenters. The van der Waals surface area contributed by atoms with Gasteiger partial charge in [-0.3, -0.25) is 0 Å². The van der Waals surface area contributed by atoms with Crippen LogP contribution in [0.1, 0.15) is 12.8 Å². The van der Waals surface area contributed by atoms with Crippen molar-refractivity contribution in [2.24, 2.45) is 0 Å². The Morgan fingerprint density at radius 1 is 1.33 bits per heavy atom. The topological polar surface area (TPSA) is 20.2 Å². The fourth-order valence-electron chi connectivity index (χ4n) is 0.237. The van der Waals surface area contributed by atoms with E-state index < -0.39 is 0 Å². The molecular weight excluding hydrogens is 112 g/mol.